The molecule has 0 atom stereocenters. The van der Waals surface area contributed by atoms with Crippen LogP contribution in [0.5, 0.6) is 0 Å². The zero-order valence-electron chi connectivity index (χ0n) is 17.8. The zero-order chi connectivity index (χ0) is 21.8. The summed E-state index contributed by atoms with van der Waals surface area (Å²) < 4.78 is 33.6. The van der Waals surface area contributed by atoms with E-state index >= 15 is 0 Å². The molecule has 1 N–H and O–H groups in total. The van der Waals surface area contributed by atoms with Gasteiger partial charge in [0.25, 0.3) is 5.91 Å². The first-order valence-corrected chi connectivity index (χ1v) is 12.2. The lowest BCUT2D eigenvalue weighted by Crippen LogP contribution is -2.45. The van der Waals surface area contributed by atoms with Gasteiger partial charge in [-0.2, -0.15) is 0 Å². The Labute approximate surface area is 184 Å². The molecular formula is C23H29N3O4S. The van der Waals surface area contributed by atoms with E-state index in [2.05, 4.69) is 9.62 Å². The molecule has 2 aromatic carbocycles. The molecule has 4 rings (SSSR count). The number of para-hydroxylation sites is 1. The molecule has 2 aliphatic rings. The first-order chi connectivity index (χ1) is 14.9. The van der Waals surface area contributed by atoms with Crippen LogP contribution in [-0.4, -0.2) is 64.7 Å². The molecule has 0 radical (unpaired) electrons. The Hall–Kier alpha value is -2.42. The van der Waals surface area contributed by atoms with Gasteiger partial charge in [-0.25, -0.2) is 13.1 Å². The van der Waals surface area contributed by atoms with Crippen molar-refractivity contribution < 1.29 is 17.9 Å². The summed E-state index contributed by atoms with van der Waals surface area (Å²) in [6, 6.07) is 14.4. The van der Waals surface area contributed by atoms with Gasteiger partial charge >= 0.3 is 0 Å². The Kier molecular flexibility index (Phi) is 6.60. The van der Waals surface area contributed by atoms with Crippen molar-refractivity contribution in [3.8, 4) is 0 Å². The molecule has 2 fully saturated rings. The van der Waals surface area contributed by atoms with Crippen LogP contribution in [0.4, 0.5) is 5.69 Å². The van der Waals surface area contributed by atoms with Gasteiger partial charge < -0.3 is 14.5 Å². The van der Waals surface area contributed by atoms with E-state index in [0.29, 0.717) is 62.7 Å². The van der Waals surface area contributed by atoms with E-state index < -0.39 is 10.0 Å². The van der Waals surface area contributed by atoms with Crippen molar-refractivity contribution in [3.05, 3.63) is 59.7 Å². The highest BCUT2D eigenvalue weighted by atomic mass is 32.2. The number of nitrogens with one attached hydrogen (secondary N) is 1. The molecule has 8 heteroatoms. The zero-order valence-corrected chi connectivity index (χ0v) is 18.6. The van der Waals surface area contributed by atoms with E-state index in [1.165, 1.54) is 0 Å². The number of amides is 1. The normalized spacial score (nSPS) is 18.2. The smallest absolute Gasteiger partial charge is 0.256 e. The van der Waals surface area contributed by atoms with Crippen molar-refractivity contribution in [2.45, 2.75) is 30.7 Å². The number of anilines is 1. The molecule has 0 saturated carbocycles. The average molecular weight is 444 g/mol. The maximum atomic E-state index is 13.0. The van der Waals surface area contributed by atoms with Crippen LogP contribution < -0.4 is 9.62 Å². The second-order valence-corrected chi connectivity index (χ2v) is 9.83. The van der Waals surface area contributed by atoms with Gasteiger partial charge in [0.05, 0.1) is 23.7 Å². The Morgan fingerprint density at radius 2 is 1.61 bits per heavy atom. The topological polar surface area (TPSA) is 79.0 Å². The highest BCUT2D eigenvalue weighted by Gasteiger charge is 2.28. The van der Waals surface area contributed by atoms with Crippen LogP contribution in [0.2, 0.25) is 0 Å². The standard InChI is InChI=1S/C23H29N3O4S/c1-18-6-8-20(9-7-18)31(28,29)24-19-10-12-25(13-11-19)22-5-3-2-4-21(22)23(27)26-14-16-30-17-15-26/h2-9,19,24H,10-17H2,1H3. The Bertz CT molecular complexity index is 1010. The minimum absolute atomic E-state index is 0.0288. The quantitative estimate of drug-likeness (QED) is 0.768. The second kappa shape index (κ2) is 9.38. The minimum Gasteiger partial charge on any atom is -0.378 e. The summed E-state index contributed by atoms with van der Waals surface area (Å²) in [5.74, 6) is 0.0288. The van der Waals surface area contributed by atoms with Gasteiger partial charge in [-0.1, -0.05) is 29.8 Å². The van der Waals surface area contributed by atoms with Crippen molar-refractivity contribution in [2.75, 3.05) is 44.3 Å². The number of nitrogens with zero attached hydrogens (tertiary/aromatic N) is 2. The van der Waals surface area contributed by atoms with Gasteiger partial charge in [0.1, 0.15) is 0 Å². The fraction of sp³-hybridized carbons (Fsp3) is 0.435. The molecule has 31 heavy (non-hydrogen) atoms. The summed E-state index contributed by atoms with van der Waals surface area (Å²) in [6.45, 7) is 5.66. The predicted octanol–water partition coefficient (Wildman–Crippen LogP) is 2.41. The van der Waals surface area contributed by atoms with Crippen LogP contribution in [0.1, 0.15) is 28.8 Å². The molecule has 0 aliphatic carbocycles. The largest absolute Gasteiger partial charge is 0.378 e. The number of rotatable bonds is 5. The summed E-state index contributed by atoms with van der Waals surface area (Å²) in [4.78, 5) is 17.4. The van der Waals surface area contributed by atoms with E-state index in [4.69, 9.17) is 4.74 Å². The monoisotopic (exact) mass is 443 g/mol. The maximum Gasteiger partial charge on any atom is 0.256 e. The van der Waals surface area contributed by atoms with Crippen LogP contribution in [-0.2, 0) is 14.8 Å². The second-order valence-electron chi connectivity index (χ2n) is 8.12. The number of morpholine rings is 1. The van der Waals surface area contributed by atoms with E-state index in [-0.39, 0.29) is 11.9 Å². The molecule has 0 aromatic heterocycles. The van der Waals surface area contributed by atoms with Gasteiger partial charge in [-0.05, 0) is 44.0 Å². The van der Waals surface area contributed by atoms with E-state index in [9.17, 15) is 13.2 Å². The highest BCUT2D eigenvalue weighted by molar-refractivity contribution is 7.89. The lowest BCUT2D eigenvalue weighted by Gasteiger charge is -2.35. The van der Waals surface area contributed by atoms with Gasteiger partial charge in [0.2, 0.25) is 10.0 Å². The summed E-state index contributed by atoms with van der Waals surface area (Å²) in [6.07, 6.45) is 1.37. The number of aryl methyl sites for hydroxylation is 1. The van der Waals surface area contributed by atoms with E-state index in [1.54, 1.807) is 24.3 Å². The number of sulfonamides is 1. The van der Waals surface area contributed by atoms with Gasteiger partial charge in [-0.3, -0.25) is 4.79 Å². The molecule has 2 heterocycles. The first kappa shape index (κ1) is 21.8. The number of hydrogen-bond acceptors (Lipinski definition) is 5. The molecule has 166 valence electrons. The molecule has 0 unspecified atom stereocenters. The van der Waals surface area contributed by atoms with Crippen LogP contribution in [0, 0.1) is 6.92 Å². The number of piperidine rings is 1. The van der Waals surface area contributed by atoms with Crippen molar-refractivity contribution in [2.24, 2.45) is 0 Å². The predicted molar refractivity (Wildman–Crippen MR) is 120 cm³/mol. The summed E-state index contributed by atoms with van der Waals surface area (Å²) in [7, 11) is -3.54. The third-order valence-corrected chi connectivity index (χ3v) is 7.46. The Morgan fingerprint density at radius 1 is 0.968 bits per heavy atom. The molecule has 2 aromatic rings. The molecule has 0 spiro atoms. The number of carbonyl (C=O) groups excluding carboxylic acids is 1. The first-order valence-electron chi connectivity index (χ1n) is 10.7. The van der Waals surface area contributed by atoms with E-state index in [1.807, 2.05) is 36.1 Å². The van der Waals surface area contributed by atoms with Gasteiger partial charge in [0.15, 0.2) is 0 Å². The number of carbonyl (C=O) groups is 1. The Morgan fingerprint density at radius 3 is 2.29 bits per heavy atom. The lowest BCUT2D eigenvalue weighted by molar-refractivity contribution is 0.0303. The SMILES string of the molecule is Cc1ccc(S(=O)(=O)NC2CCN(c3ccccc3C(=O)N3CCOCC3)CC2)cc1. The van der Waals surface area contributed by atoms with Gasteiger partial charge in [-0.15, -0.1) is 0 Å². The number of benzene rings is 2. The molecule has 0 bridgehead atoms. The average Bonchev–Trinajstić information content (AvgIpc) is 2.80. The lowest BCUT2D eigenvalue weighted by atomic mass is 10.0. The molecule has 2 aliphatic heterocycles. The van der Waals surface area contributed by atoms with Crippen molar-refractivity contribution in [3.63, 3.8) is 0 Å². The van der Waals surface area contributed by atoms with Crippen LogP contribution in [0.3, 0.4) is 0 Å². The summed E-state index contributed by atoms with van der Waals surface area (Å²) in [5.41, 5.74) is 2.64. The van der Waals surface area contributed by atoms with Crippen LogP contribution in [0.25, 0.3) is 0 Å². The van der Waals surface area contributed by atoms with Crippen LogP contribution >= 0.6 is 0 Å². The number of hydrogen-bond donors (Lipinski definition) is 1. The molecule has 2 saturated heterocycles. The highest BCUT2D eigenvalue weighted by Crippen LogP contribution is 2.26. The molecular weight excluding hydrogens is 414 g/mol. The van der Waals surface area contributed by atoms with E-state index in [0.717, 1.165) is 11.3 Å². The number of ether oxygens (including phenoxy) is 1. The van der Waals surface area contributed by atoms with Crippen LogP contribution in [0.15, 0.2) is 53.4 Å². The third-order valence-electron chi connectivity index (χ3n) is 5.92. The fourth-order valence-corrected chi connectivity index (χ4v) is 5.42. The third kappa shape index (κ3) is 5.08. The van der Waals surface area contributed by atoms with Crippen molar-refractivity contribution >= 4 is 21.6 Å². The Balaban J connectivity index is 1.41. The molecule has 1 amide bonds. The van der Waals surface area contributed by atoms with Crippen molar-refractivity contribution in [1.29, 1.82) is 0 Å². The molecule has 7 nitrogen and oxygen atoms in total. The minimum atomic E-state index is -3.54. The summed E-state index contributed by atoms with van der Waals surface area (Å²) in [5, 5.41) is 0. The van der Waals surface area contributed by atoms with Crippen molar-refractivity contribution in [1.82, 2.24) is 9.62 Å². The summed E-state index contributed by atoms with van der Waals surface area (Å²) >= 11 is 0. The fourth-order valence-electron chi connectivity index (χ4n) is 4.11. The van der Waals surface area contributed by atoms with Gasteiger partial charge in [0, 0.05) is 37.9 Å². The maximum absolute atomic E-state index is 13.0.